The highest BCUT2D eigenvalue weighted by Crippen LogP contribution is 2.47. The minimum absolute atomic E-state index is 0.0733. The molecule has 13 rings (SSSR count). The molecule has 9 aromatic carbocycles. The van der Waals surface area contributed by atoms with E-state index in [0.29, 0.717) is 0 Å². The third kappa shape index (κ3) is 5.45. The zero-order chi connectivity index (χ0) is 42.8. The van der Waals surface area contributed by atoms with Gasteiger partial charge in [-0.15, -0.1) is 0 Å². The van der Waals surface area contributed by atoms with Gasteiger partial charge < -0.3 is 19.3 Å². The van der Waals surface area contributed by atoms with E-state index in [-0.39, 0.29) is 13.4 Å². The van der Waals surface area contributed by atoms with Crippen LogP contribution in [-0.4, -0.2) is 13.4 Å². The molecular weight excluding hydrogens is 778 g/mol. The molecule has 0 atom stereocenters. The van der Waals surface area contributed by atoms with Crippen molar-refractivity contribution in [1.29, 1.82) is 0 Å². The van der Waals surface area contributed by atoms with Crippen molar-refractivity contribution in [3.8, 4) is 45.3 Å². The van der Waals surface area contributed by atoms with Crippen LogP contribution in [-0.2, 0) is 0 Å². The highest BCUT2D eigenvalue weighted by atomic mass is 16.5. The quantitative estimate of drug-likeness (QED) is 0.165. The number of para-hydroxylation sites is 4. The minimum atomic E-state index is -0.0733. The van der Waals surface area contributed by atoms with Gasteiger partial charge in [0.1, 0.15) is 23.0 Å². The summed E-state index contributed by atoms with van der Waals surface area (Å²) in [7, 11) is 0. The van der Waals surface area contributed by atoms with Crippen LogP contribution in [0.4, 0.5) is 34.1 Å². The summed E-state index contributed by atoms with van der Waals surface area (Å²) in [6.45, 7) is 8.58. The highest BCUT2D eigenvalue weighted by molar-refractivity contribution is 7.02. The molecule has 4 nitrogen and oxygen atoms in total. The summed E-state index contributed by atoms with van der Waals surface area (Å²) in [4.78, 5) is 4.86. The van der Waals surface area contributed by atoms with Gasteiger partial charge in [-0.2, -0.15) is 0 Å². The molecule has 0 amide bonds. The topological polar surface area (TPSA) is 24.9 Å². The SMILES string of the molecule is Cc1ccc(-c2cc3c4c(c2)N(c2ccccc2)c2ccccc2B4c2cc4c(cc2O3)Oc2cc(-c3ccc(C)cc3C)cc3c2B4c2ccccc2N3c2ccccc2)c(C)c1. The summed E-state index contributed by atoms with van der Waals surface area (Å²) in [6.07, 6.45) is 0. The lowest BCUT2D eigenvalue weighted by Crippen LogP contribution is -2.63. The first-order chi connectivity index (χ1) is 31.4. The number of benzene rings is 9. The third-order valence-electron chi connectivity index (χ3n) is 13.9. The Kier molecular flexibility index (Phi) is 8.02. The monoisotopic (exact) mass is 820 g/mol. The maximum absolute atomic E-state index is 7.26. The third-order valence-corrected chi connectivity index (χ3v) is 13.9. The van der Waals surface area contributed by atoms with Crippen molar-refractivity contribution in [1.82, 2.24) is 0 Å². The van der Waals surface area contributed by atoms with Gasteiger partial charge in [-0.1, -0.05) is 126 Å². The Morgan fingerprint density at radius 1 is 0.344 bits per heavy atom. The highest BCUT2D eigenvalue weighted by Gasteiger charge is 2.46. The van der Waals surface area contributed by atoms with Gasteiger partial charge in [0.05, 0.1) is 0 Å². The molecule has 0 fully saturated rings. The van der Waals surface area contributed by atoms with E-state index in [1.807, 2.05) is 0 Å². The van der Waals surface area contributed by atoms with Crippen molar-refractivity contribution in [2.45, 2.75) is 27.7 Å². The van der Waals surface area contributed by atoms with Gasteiger partial charge in [0.2, 0.25) is 0 Å². The molecule has 4 heterocycles. The second-order valence-electron chi connectivity index (χ2n) is 17.9. The van der Waals surface area contributed by atoms with E-state index < -0.39 is 0 Å². The van der Waals surface area contributed by atoms with Gasteiger partial charge in [0, 0.05) is 40.2 Å². The van der Waals surface area contributed by atoms with Crippen LogP contribution in [0.15, 0.2) is 182 Å². The fourth-order valence-electron chi connectivity index (χ4n) is 11.2. The fraction of sp³-hybridized carbons (Fsp3) is 0.0690. The lowest BCUT2D eigenvalue weighted by Gasteiger charge is -2.42. The average Bonchev–Trinajstić information content (AvgIpc) is 3.31. The van der Waals surface area contributed by atoms with Gasteiger partial charge >= 0.3 is 0 Å². The predicted molar refractivity (Wildman–Crippen MR) is 268 cm³/mol. The van der Waals surface area contributed by atoms with Gasteiger partial charge in [-0.05, 0) is 155 Å². The molecule has 0 radical (unpaired) electrons. The molecule has 0 aromatic heterocycles. The normalized spacial score (nSPS) is 13.4. The van der Waals surface area contributed by atoms with Crippen molar-refractivity contribution < 1.29 is 9.47 Å². The van der Waals surface area contributed by atoms with Crippen LogP contribution >= 0.6 is 0 Å². The van der Waals surface area contributed by atoms with Crippen LogP contribution in [0.5, 0.6) is 23.0 Å². The van der Waals surface area contributed by atoms with Crippen LogP contribution in [0, 0.1) is 27.7 Å². The largest absolute Gasteiger partial charge is 0.458 e. The fourth-order valence-corrected chi connectivity index (χ4v) is 11.2. The molecule has 64 heavy (non-hydrogen) atoms. The number of rotatable bonds is 4. The second-order valence-corrected chi connectivity index (χ2v) is 17.9. The van der Waals surface area contributed by atoms with E-state index >= 15 is 0 Å². The number of hydrogen-bond acceptors (Lipinski definition) is 4. The summed E-state index contributed by atoms with van der Waals surface area (Å²) < 4.78 is 14.5. The molecule has 0 bridgehead atoms. The van der Waals surface area contributed by atoms with Gasteiger partial charge in [-0.3, -0.25) is 0 Å². The Labute approximate surface area is 375 Å². The number of aryl methyl sites for hydroxylation is 4. The van der Waals surface area contributed by atoms with E-state index in [2.05, 4.69) is 219 Å². The molecule has 0 spiro atoms. The smallest absolute Gasteiger partial charge is 0.256 e. The molecule has 0 aliphatic carbocycles. The van der Waals surface area contributed by atoms with Crippen molar-refractivity contribution in [2.24, 2.45) is 0 Å². The molecule has 0 unspecified atom stereocenters. The summed E-state index contributed by atoms with van der Waals surface area (Å²) in [5, 5.41) is 0. The van der Waals surface area contributed by atoms with E-state index in [0.717, 1.165) is 67.8 Å². The molecular formula is C58H42B2N2O2. The Morgan fingerprint density at radius 2 is 0.766 bits per heavy atom. The summed E-state index contributed by atoms with van der Waals surface area (Å²) in [5.74, 6) is 3.40. The molecule has 6 heteroatoms. The number of nitrogens with zero attached hydrogens (tertiary/aromatic N) is 2. The number of hydrogen-bond donors (Lipinski definition) is 0. The maximum atomic E-state index is 7.26. The average molecular weight is 821 g/mol. The summed E-state index contributed by atoms with van der Waals surface area (Å²) >= 11 is 0. The standard InChI is InChI=1S/C58H42B2N2O2/c1-35-23-25-43(37(3)27-35)39-29-51-57-55(31-39)63-53-34-54-48(33-47(53)59(57)45-19-11-13-21-49(45)61(51)41-15-7-5-8-16-41)60-46-20-12-14-22-50(46)62(42-17-9-6-10-18-42)52-30-40(32-56(64-54)58(52)60)44-26-24-36(2)28-38(44)4/h5-34H,1-4H3. The Morgan fingerprint density at radius 3 is 1.20 bits per heavy atom. The first-order valence-electron chi connectivity index (χ1n) is 22.3. The van der Waals surface area contributed by atoms with Crippen LogP contribution in [0.3, 0.4) is 0 Å². The first kappa shape index (κ1) is 36.9. The Balaban J connectivity index is 1.06. The number of ether oxygens (including phenoxy) is 2. The van der Waals surface area contributed by atoms with Crippen molar-refractivity contribution in [3.63, 3.8) is 0 Å². The predicted octanol–water partition coefficient (Wildman–Crippen LogP) is 11.1. The van der Waals surface area contributed by atoms with Crippen molar-refractivity contribution in [2.75, 3.05) is 9.80 Å². The molecule has 4 aliphatic rings. The molecule has 9 aromatic rings. The van der Waals surface area contributed by atoms with Crippen molar-refractivity contribution >= 4 is 80.3 Å². The second kappa shape index (κ2) is 13.9. The minimum Gasteiger partial charge on any atom is -0.458 e. The maximum Gasteiger partial charge on any atom is 0.256 e. The zero-order valence-corrected chi connectivity index (χ0v) is 36.2. The Hall–Kier alpha value is -7.69. The molecule has 0 saturated carbocycles. The lowest BCUT2D eigenvalue weighted by molar-refractivity contribution is 0.466. The summed E-state index contributed by atoms with van der Waals surface area (Å²) in [6, 6.07) is 66.7. The van der Waals surface area contributed by atoms with Gasteiger partial charge in [0.25, 0.3) is 13.4 Å². The summed E-state index contributed by atoms with van der Waals surface area (Å²) in [5.41, 5.74) is 23.6. The van der Waals surface area contributed by atoms with E-state index in [4.69, 9.17) is 9.47 Å². The Bertz CT molecular complexity index is 3200. The van der Waals surface area contributed by atoms with Crippen LogP contribution in [0.2, 0.25) is 0 Å². The van der Waals surface area contributed by atoms with Crippen LogP contribution in [0.1, 0.15) is 22.3 Å². The zero-order valence-electron chi connectivity index (χ0n) is 36.2. The number of anilines is 6. The lowest BCUT2D eigenvalue weighted by atomic mass is 9.31. The molecule has 4 aliphatic heterocycles. The molecule has 0 saturated heterocycles. The first-order valence-corrected chi connectivity index (χ1v) is 22.3. The van der Waals surface area contributed by atoms with Crippen LogP contribution in [0.25, 0.3) is 22.3 Å². The molecule has 302 valence electrons. The molecule has 0 N–H and O–H groups in total. The van der Waals surface area contributed by atoms with Crippen molar-refractivity contribution in [3.05, 3.63) is 204 Å². The van der Waals surface area contributed by atoms with E-state index in [1.165, 1.54) is 66.6 Å². The van der Waals surface area contributed by atoms with E-state index in [1.54, 1.807) is 0 Å². The van der Waals surface area contributed by atoms with E-state index in [9.17, 15) is 0 Å². The number of fused-ring (bicyclic) bond motifs is 8. The van der Waals surface area contributed by atoms with Gasteiger partial charge in [-0.25, -0.2) is 0 Å². The van der Waals surface area contributed by atoms with Crippen LogP contribution < -0.4 is 52.1 Å². The van der Waals surface area contributed by atoms with Gasteiger partial charge in [0.15, 0.2) is 0 Å².